The number of hydrogen-bond acceptors (Lipinski definition) is 1. The van der Waals surface area contributed by atoms with Crippen molar-refractivity contribution in [1.29, 1.82) is 0 Å². The number of fused-ring (bicyclic) bond motifs is 1. The lowest BCUT2D eigenvalue weighted by molar-refractivity contribution is 1.33. The maximum Gasteiger partial charge on any atom is 0.138 e. The molecule has 4 aromatic rings. The number of benzene rings is 3. The summed E-state index contributed by atoms with van der Waals surface area (Å²) in [6.45, 7) is 2.08. The van der Waals surface area contributed by atoms with Crippen molar-refractivity contribution in [3.05, 3.63) is 76.8 Å². The molecule has 1 N–H and O–H groups in total. The van der Waals surface area contributed by atoms with Crippen molar-refractivity contribution in [2.24, 2.45) is 0 Å². The molecule has 2 nitrogen and oxygen atoms in total. The number of nitrogens with one attached hydrogen (secondary N) is 1. The Bertz CT molecular complexity index is 970. The Morgan fingerprint density at radius 2 is 1.48 bits per heavy atom. The number of H-pyrrole nitrogens is 1. The van der Waals surface area contributed by atoms with E-state index in [2.05, 4.69) is 88.5 Å². The summed E-state index contributed by atoms with van der Waals surface area (Å²) >= 11 is 3.59. The molecule has 3 aromatic carbocycles. The molecule has 0 unspecified atom stereocenters. The van der Waals surface area contributed by atoms with E-state index in [4.69, 9.17) is 4.98 Å². The number of aromatic nitrogens is 2. The molecule has 0 aliphatic carbocycles. The van der Waals surface area contributed by atoms with Gasteiger partial charge in [0.2, 0.25) is 0 Å². The summed E-state index contributed by atoms with van der Waals surface area (Å²) in [6.07, 6.45) is 0. The highest BCUT2D eigenvalue weighted by Crippen LogP contribution is 2.28. The molecule has 0 aliphatic heterocycles. The summed E-state index contributed by atoms with van der Waals surface area (Å²) in [4.78, 5) is 8.14. The van der Waals surface area contributed by atoms with Crippen molar-refractivity contribution in [1.82, 2.24) is 9.97 Å². The Morgan fingerprint density at radius 1 is 0.826 bits per heavy atom. The minimum Gasteiger partial charge on any atom is -0.338 e. The number of aromatic amines is 1. The molecule has 0 aliphatic rings. The molecule has 23 heavy (non-hydrogen) atoms. The van der Waals surface area contributed by atoms with E-state index < -0.39 is 0 Å². The van der Waals surface area contributed by atoms with Crippen LogP contribution in [0.25, 0.3) is 33.5 Å². The minimum atomic E-state index is 0.894. The Morgan fingerprint density at radius 3 is 2.22 bits per heavy atom. The van der Waals surface area contributed by atoms with Gasteiger partial charge >= 0.3 is 0 Å². The average Bonchev–Trinajstić information content (AvgIpc) is 3.00. The number of nitrogens with zero attached hydrogens (tertiary/aromatic N) is 1. The van der Waals surface area contributed by atoms with Crippen LogP contribution in [0.5, 0.6) is 0 Å². The maximum atomic E-state index is 4.72. The Labute approximate surface area is 143 Å². The van der Waals surface area contributed by atoms with Crippen LogP contribution in [-0.2, 0) is 0 Å². The van der Waals surface area contributed by atoms with Gasteiger partial charge in [-0.25, -0.2) is 4.98 Å². The van der Waals surface area contributed by atoms with Crippen molar-refractivity contribution >= 4 is 27.0 Å². The fraction of sp³-hybridized carbons (Fsp3) is 0.0500. The van der Waals surface area contributed by atoms with Gasteiger partial charge in [-0.2, -0.15) is 0 Å². The Hall–Kier alpha value is -2.39. The second-order valence-electron chi connectivity index (χ2n) is 5.67. The molecule has 112 valence electrons. The third-order valence-corrected chi connectivity index (χ3v) is 4.55. The van der Waals surface area contributed by atoms with Gasteiger partial charge in [-0.3, -0.25) is 0 Å². The largest absolute Gasteiger partial charge is 0.338 e. The molecule has 1 heterocycles. The van der Waals surface area contributed by atoms with Gasteiger partial charge in [-0.1, -0.05) is 54.6 Å². The number of aryl methyl sites for hydroxylation is 1. The molecule has 0 radical (unpaired) electrons. The molecule has 3 heteroatoms. The van der Waals surface area contributed by atoms with E-state index in [1.165, 1.54) is 16.7 Å². The standard InChI is InChI=1S/C20H15BrN2/c1-13-11-17(21)19-18(12-13)22-20(23-19)16-9-7-15(8-10-16)14-5-3-2-4-6-14/h2-12H,1H3,(H,22,23). The molecule has 1 aromatic heterocycles. The summed E-state index contributed by atoms with van der Waals surface area (Å²) in [6, 6.07) is 23.1. The monoisotopic (exact) mass is 362 g/mol. The highest BCUT2D eigenvalue weighted by atomic mass is 79.9. The molecule has 0 amide bonds. The van der Waals surface area contributed by atoms with Crippen molar-refractivity contribution in [3.63, 3.8) is 0 Å². The predicted octanol–water partition coefficient (Wildman–Crippen LogP) is 5.97. The van der Waals surface area contributed by atoms with Crippen LogP contribution in [-0.4, -0.2) is 9.97 Å². The van der Waals surface area contributed by atoms with Gasteiger partial charge in [-0.15, -0.1) is 0 Å². The number of imidazole rings is 1. The van der Waals surface area contributed by atoms with Gasteiger partial charge in [-0.05, 0) is 51.7 Å². The molecule has 0 bridgehead atoms. The zero-order valence-corrected chi connectivity index (χ0v) is 14.3. The van der Waals surface area contributed by atoms with Crippen LogP contribution in [0.2, 0.25) is 0 Å². The highest BCUT2D eigenvalue weighted by molar-refractivity contribution is 9.10. The van der Waals surface area contributed by atoms with E-state index in [1.807, 2.05) is 6.07 Å². The first kappa shape index (κ1) is 14.2. The third kappa shape index (κ3) is 2.68. The lowest BCUT2D eigenvalue weighted by atomic mass is 10.0. The molecular weight excluding hydrogens is 348 g/mol. The van der Waals surface area contributed by atoms with Crippen LogP contribution in [0.4, 0.5) is 0 Å². The number of halogens is 1. The first-order valence-electron chi connectivity index (χ1n) is 7.52. The molecule has 4 rings (SSSR count). The molecule has 0 atom stereocenters. The lowest BCUT2D eigenvalue weighted by Gasteiger charge is -2.02. The fourth-order valence-corrected chi connectivity index (χ4v) is 3.46. The summed E-state index contributed by atoms with van der Waals surface area (Å²) in [5.41, 5.74) is 6.76. The second-order valence-corrected chi connectivity index (χ2v) is 6.53. The van der Waals surface area contributed by atoms with Crippen LogP contribution in [0.1, 0.15) is 5.56 Å². The molecule has 0 saturated carbocycles. The van der Waals surface area contributed by atoms with Gasteiger partial charge in [0.25, 0.3) is 0 Å². The van der Waals surface area contributed by atoms with Crippen LogP contribution in [0.15, 0.2) is 71.2 Å². The van der Waals surface area contributed by atoms with Gasteiger partial charge in [0.05, 0.1) is 5.52 Å². The van der Waals surface area contributed by atoms with Crippen LogP contribution in [0, 0.1) is 6.92 Å². The van der Waals surface area contributed by atoms with Crippen molar-refractivity contribution < 1.29 is 0 Å². The van der Waals surface area contributed by atoms with E-state index >= 15 is 0 Å². The van der Waals surface area contributed by atoms with Crippen LogP contribution >= 0.6 is 15.9 Å². The van der Waals surface area contributed by atoms with Crippen LogP contribution in [0.3, 0.4) is 0 Å². The summed E-state index contributed by atoms with van der Waals surface area (Å²) in [5.74, 6) is 0.894. The van der Waals surface area contributed by atoms with Gasteiger partial charge < -0.3 is 4.98 Å². The highest BCUT2D eigenvalue weighted by Gasteiger charge is 2.09. The first-order valence-corrected chi connectivity index (χ1v) is 8.32. The van der Waals surface area contributed by atoms with E-state index in [-0.39, 0.29) is 0 Å². The quantitative estimate of drug-likeness (QED) is 0.467. The third-order valence-electron chi connectivity index (χ3n) is 3.95. The Balaban J connectivity index is 1.75. The molecule has 0 spiro atoms. The molecular formula is C20H15BrN2. The summed E-state index contributed by atoms with van der Waals surface area (Å²) < 4.78 is 1.02. The predicted molar refractivity (Wildman–Crippen MR) is 99.4 cm³/mol. The number of hydrogen-bond donors (Lipinski definition) is 1. The summed E-state index contributed by atoms with van der Waals surface area (Å²) in [5, 5.41) is 0. The van der Waals surface area contributed by atoms with Gasteiger partial charge in [0.15, 0.2) is 0 Å². The van der Waals surface area contributed by atoms with E-state index in [9.17, 15) is 0 Å². The van der Waals surface area contributed by atoms with Crippen molar-refractivity contribution in [2.75, 3.05) is 0 Å². The van der Waals surface area contributed by atoms with E-state index in [1.54, 1.807) is 0 Å². The fourth-order valence-electron chi connectivity index (χ4n) is 2.80. The van der Waals surface area contributed by atoms with Gasteiger partial charge in [0, 0.05) is 10.0 Å². The number of rotatable bonds is 2. The normalized spacial score (nSPS) is 11.0. The zero-order chi connectivity index (χ0) is 15.8. The smallest absolute Gasteiger partial charge is 0.138 e. The van der Waals surface area contributed by atoms with Crippen molar-refractivity contribution in [2.45, 2.75) is 6.92 Å². The Kier molecular flexibility index (Phi) is 3.50. The SMILES string of the molecule is Cc1cc(Br)c2nc(-c3ccc(-c4ccccc4)cc3)[nH]c2c1. The lowest BCUT2D eigenvalue weighted by Crippen LogP contribution is -1.81. The van der Waals surface area contributed by atoms with E-state index in [0.717, 1.165) is 26.9 Å². The van der Waals surface area contributed by atoms with Crippen LogP contribution < -0.4 is 0 Å². The topological polar surface area (TPSA) is 28.7 Å². The van der Waals surface area contributed by atoms with E-state index in [0.29, 0.717) is 0 Å². The zero-order valence-electron chi connectivity index (χ0n) is 12.7. The maximum absolute atomic E-state index is 4.72. The molecule has 0 saturated heterocycles. The first-order chi connectivity index (χ1) is 11.2. The molecule has 0 fully saturated rings. The van der Waals surface area contributed by atoms with Crippen molar-refractivity contribution in [3.8, 4) is 22.5 Å². The van der Waals surface area contributed by atoms with Gasteiger partial charge in [0.1, 0.15) is 11.3 Å². The summed E-state index contributed by atoms with van der Waals surface area (Å²) in [7, 11) is 0. The average molecular weight is 363 g/mol. The second kappa shape index (κ2) is 5.67. The minimum absolute atomic E-state index is 0.894.